The molecule has 20 heavy (non-hydrogen) atoms. The van der Waals surface area contributed by atoms with Crippen LogP contribution in [0.5, 0.6) is 0 Å². The second-order valence-electron chi connectivity index (χ2n) is 5.83. The Kier molecular flexibility index (Phi) is 6.02. The molecular weight excluding hydrogens is 248 g/mol. The highest BCUT2D eigenvalue weighted by Gasteiger charge is 2.22. The lowest BCUT2D eigenvalue weighted by Gasteiger charge is -2.36. The predicted octanol–water partition coefficient (Wildman–Crippen LogP) is 2.84. The fraction of sp³-hybridized carbons (Fsp3) is 0.647. The Hall–Kier alpha value is -0.900. The van der Waals surface area contributed by atoms with Crippen LogP contribution in [0.25, 0.3) is 0 Å². The maximum atomic E-state index is 5.80. The molecule has 1 aliphatic rings. The summed E-state index contributed by atoms with van der Waals surface area (Å²) in [5.41, 5.74) is 1.39. The van der Waals surface area contributed by atoms with Gasteiger partial charge in [0.05, 0.1) is 12.2 Å². The van der Waals surface area contributed by atoms with Gasteiger partial charge < -0.3 is 10.1 Å². The summed E-state index contributed by atoms with van der Waals surface area (Å²) >= 11 is 0. The van der Waals surface area contributed by atoms with E-state index in [0.717, 1.165) is 32.6 Å². The van der Waals surface area contributed by atoms with E-state index in [-0.39, 0.29) is 0 Å². The minimum Gasteiger partial charge on any atom is -0.373 e. The van der Waals surface area contributed by atoms with Crippen molar-refractivity contribution in [3.8, 4) is 0 Å². The van der Waals surface area contributed by atoms with Crippen LogP contribution in [0.15, 0.2) is 30.3 Å². The number of morpholine rings is 1. The number of hydrogen-bond acceptors (Lipinski definition) is 3. The highest BCUT2D eigenvalue weighted by molar-refractivity contribution is 5.18. The normalized spacial score (nSPS) is 25.6. The molecule has 0 amide bonds. The molecule has 0 aliphatic carbocycles. The van der Waals surface area contributed by atoms with Gasteiger partial charge in [-0.05, 0) is 32.4 Å². The summed E-state index contributed by atoms with van der Waals surface area (Å²) in [5, 5.41) is 3.60. The zero-order chi connectivity index (χ0) is 14.4. The number of benzene rings is 1. The molecule has 1 fully saturated rings. The lowest BCUT2D eigenvalue weighted by Crippen LogP contribution is -2.46. The van der Waals surface area contributed by atoms with Crippen LogP contribution >= 0.6 is 0 Å². The van der Waals surface area contributed by atoms with Crippen molar-refractivity contribution in [3.05, 3.63) is 35.9 Å². The molecule has 0 bridgehead atoms. The molecule has 1 aromatic carbocycles. The van der Waals surface area contributed by atoms with Gasteiger partial charge in [0, 0.05) is 25.7 Å². The molecule has 1 heterocycles. The van der Waals surface area contributed by atoms with E-state index in [0.29, 0.717) is 18.2 Å². The first kappa shape index (κ1) is 15.5. The van der Waals surface area contributed by atoms with Crippen LogP contribution in [0.2, 0.25) is 0 Å². The van der Waals surface area contributed by atoms with Crippen molar-refractivity contribution in [3.63, 3.8) is 0 Å². The molecule has 1 saturated heterocycles. The van der Waals surface area contributed by atoms with Crippen molar-refractivity contribution in [2.75, 3.05) is 26.2 Å². The average molecular weight is 276 g/mol. The second kappa shape index (κ2) is 7.77. The van der Waals surface area contributed by atoms with Gasteiger partial charge in [-0.3, -0.25) is 4.90 Å². The first-order valence-electron chi connectivity index (χ1n) is 7.85. The molecule has 0 aromatic heterocycles. The summed E-state index contributed by atoms with van der Waals surface area (Å²) in [6, 6.07) is 11.2. The van der Waals surface area contributed by atoms with Crippen LogP contribution in [0.4, 0.5) is 0 Å². The van der Waals surface area contributed by atoms with E-state index in [1.54, 1.807) is 0 Å². The summed E-state index contributed by atoms with van der Waals surface area (Å²) in [4.78, 5) is 2.53. The van der Waals surface area contributed by atoms with Crippen molar-refractivity contribution < 1.29 is 4.74 Å². The minimum absolute atomic E-state index is 0.355. The zero-order valence-corrected chi connectivity index (χ0v) is 13.0. The zero-order valence-electron chi connectivity index (χ0n) is 13.0. The third-order valence-corrected chi connectivity index (χ3v) is 3.88. The third kappa shape index (κ3) is 4.58. The van der Waals surface area contributed by atoms with E-state index in [4.69, 9.17) is 4.74 Å². The molecule has 0 saturated carbocycles. The summed E-state index contributed by atoms with van der Waals surface area (Å²) in [6.07, 6.45) is 1.86. The molecule has 1 unspecified atom stereocenters. The highest BCUT2D eigenvalue weighted by atomic mass is 16.5. The van der Waals surface area contributed by atoms with E-state index >= 15 is 0 Å². The number of ether oxygens (including phenoxy) is 1. The Labute approximate surface area is 123 Å². The molecule has 112 valence electrons. The Morgan fingerprint density at radius 3 is 2.45 bits per heavy atom. The SMILES string of the molecule is CCNC(CCN1C[C@@H](C)O[C@@H](C)C1)c1ccccc1. The largest absolute Gasteiger partial charge is 0.373 e. The lowest BCUT2D eigenvalue weighted by molar-refractivity contribution is -0.0685. The monoisotopic (exact) mass is 276 g/mol. The third-order valence-electron chi connectivity index (χ3n) is 3.88. The van der Waals surface area contributed by atoms with Crippen molar-refractivity contribution in [2.45, 2.75) is 45.4 Å². The number of hydrogen-bond donors (Lipinski definition) is 1. The van der Waals surface area contributed by atoms with E-state index < -0.39 is 0 Å². The van der Waals surface area contributed by atoms with Crippen molar-refractivity contribution in [2.24, 2.45) is 0 Å². The first-order valence-corrected chi connectivity index (χ1v) is 7.85. The van der Waals surface area contributed by atoms with Crippen molar-refractivity contribution >= 4 is 0 Å². The van der Waals surface area contributed by atoms with Crippen LogP contribution in [-0.4, -0.2) is 43.3 Å². The summed E-state index contributed by atoms with van der Waals surface area (Å²) in [6.45, 7) is 10.8. The van der Waals surface area contributed by atoms with E-state index in [9.17, 15) is 0 Å². The summed E-state index contributed by atoms with van der Waals surface area (Å²) < 4.78 is 5.80. The van der Waals surface area contributed by atoms with Gasteiger partial charge in [0.25, 0.3) is 0 Å². The van der Waals surface area contributed by atoms with Gasteiger partial charge in [-0.15, -0.1) is 0 Å². The maximum absolute atomic E-state index is 5.80. The molecule has 1 N–H and O–H groups in total. The van der Waals surface area contributed by atoms with Gasteiger partial charge in [0.1, 0.15) is 0 Å². The van der Waals surface area contributed by atoms with Gasteiger partial charge in [-0.25, -0.2) is 0 Å². The van der Waals surface area contributed by atoms with Gasteiger partial charge >= 0.3 is 0 Å². The fourth-order valence-corrected chi connectivity index (χ4v) is 3.10. The quantitative estimate of drug-likeness (QED) is 0.864. The van der Waals surface area contributed by atoms with Gasteiger partial charge in [-0.2, -0.15) is 0 Å². The molecule has 0 radical (unpaired) electrons. The van der Waals surface area contributed by atoms with E-state index in [2.05, 4.69) is 61.3 Å². The van der Waals surface area contributed by atoms with Gasteiger partial charge in [0.2, 0.25) is 0 Å². The second-order valence-corrected chi connectivity index (χ2v) is 5.83. The molecule has 1 aromatic rings. The Morgan fingerprint density at radius 1 is 1.20 bits per heavy atom. The topological polar surface area (TPSA) is 24.5 Å². The van der Waals surface area contributed by atoms with Crippen LogP contribution in [0.3, 0.4) is 0 Å². The number of rotatable bonds is 6. The van der Waals surface area contributed by atoms with Crippen LogP contribution in [0, 0.1) is 0 Å². The molecule has 3 atom stereocenters. The standard InChI is InChI=1S/C17H28N2O/c1-4-18-17(16-8-6-5-7-9-16)10-11-19-12-14(2)20-15(3)13-19/h5-9,14-15,17-18H,4,10-13H2,1-3H3/t14-,15+,17?. The molecule has 1 aliphatic heterocycles. The highest BCUT2D eigenvalue weighted by Crippen LogP contribution is 2.18. The van der Waals surface area contributed by atoms with E-state index in [1.807, 2.05) is 0 Å². The minimum atomic E-state index is 0.355. The van der Waals surface area contributed by atoms with Crippen molar-refractivity contribution in [1.82, 2.24) is 10.2 Å². The Bertz CT molecular complexity index is 372. The Morgan fingerprint density at radius 2 is 1.85 bits per heavy atom. The smallest absolute Gasteiger partial charge is 0.0678 e. The number of nitrogens with one attached hydrogen (secondary N) is 1. The Balaban J connectivity index is 1.89. The summed E-state index contributed by atoms with van der Waals surface area (Å²) in [7, 11) is 0. The maximum Gasteiger partial charge on any atom is 0.0678 e. The van der Waals surface area contributed by atoms with Crippen molar-refractivity contribution in [1.29, 1.82) is 0 Å². The molecule has 0 spiro atoms. The molecule has 3 heteroatoms. The van der Waals surface area contributed by atoms with Crippen LogP contribution in [0.1, 0.15) is 38.8 Å². The van der Waals surface area contributed by atoms with Gasteiger partial charge in [-0.1, -0.05) is 37.3 Å². The van der Waals surface area contributed by atoms with Crippen LogP contribution in [-0.2, 0) is 4.74 Å². The molecular formula is C17H28N2O. The lowest BCUT2D eigenvalue weighted by atomic mass is 10.0. The fourth-order valence-electron chi connectivity index (χ4n) is 3.10. The molecule has 3 nitrogen and oxygen atoms in total. The average Bonchev–Trinajstić information content (AvgIpc) is 2.43. The summed E-state index contributed by atoms with van der Waals surface area (Å²) in [5.74, 6) is 0. The van der Waals surface area contributed by atoms with Gasteiger partial charge in [0.15, 0.2) is 0 Å². The first-order chi connectivity index (χ1) is 9.69. The number of nitrogens with zero attached hydrogens (tertiary/aromatic N) is 1. The molecule has 2 rings (SSSR count). The van der Waals surface area contributed by atoms with Crippen LogP contribution < -0.4 is 5.32 Å². The van der Waals surface area contributed by atoms with E-state index in [1.165, 1.54) is 5.56 Å². The predicted molar refractivity (Wildman–Crippen MR) is 83.9 cm³/mol.